The molecule has 21 heavy (non-hydrogen) atoms. The molecule has 0 radical (unpaired) electrons. The van der Waals surface area contributed by atoms with Crippen LogP contribution in [0.4, 0.5) is 5.82 Å². The molecule has 1 aromatic heterocycles. The van der Waals surface area contributed by atoms with E-state index in [9.17, 15) is 0 Å². The molecule has 2 aromatic rings. The van der Waals surface area contributed by atoms with Gasteiger partial charge in [-0.05, 0) is 31.2 Å². The highest BCUT2D eigenvalue weighted by Crippen LogP contribution is 2.28. The number of aromatic nitrogens is 1. The summed E-state index contributed by atoms with van der Waals surface area (Å²) in [6.07, 6.45) is 3.50. The van der Waals surface area contributed by atoms with E-state index >= 15 is 0 Å². The van der Waals surface area contributed by atoms with Gasteiger partial charge in [-0.25, -0.2) is 4.98 Å². The second-order valence-corrected chi connectivity index (χ2v) is 5.86. The van der Waals surface area contributed by atoms with Gasteiger partial charge in [-0.3, -0.25) is 0 Å². The molecule has 114 valence electrons. The van der Waals surface area contributed by atoms with Crippen molar-refractivity contribution < 1.29 is 0 Å². The van der Waals surface area contributed by atoms with Gasteiger partial charge in [-0.15, -0.1) is 11.6 Å². The third kappa shape index (κ3) is 3.68. The molecule has 0 aliphatic rings. The average molecular weight is 305 g/mol. The molecule has 0 aliphatic heterocycles. The minimum Gasteiger partial charge on any atom is -0.353 e. The van der Waals surface area contributed by atoms with Gasteiger partial charge in [0.25, 0.3) is 0 Å². The first-order chi connectivity index (χ1) is 10.2. The summed E-state index contributed by atoms with van der Waals surface area (Å²) in [7, 11) is 0. The van der Waals surface area contributed by atoms with Gasteiger partial charge >= 0.3 is 0 Å². The van der Waals surface area contributed by atoms with Crippen molar-refractivity contribution >= 4 is 28.2 Å². The molecular weight excluding hydrogens is 280 g/mol. The van der Waals surface area contributed by atoms with Gasteiger partial charge in [0.1, 0.15) is 5.82 Å². The number of pyridine rings is 1. The van der Waals surface area contributed by atoms with E-state index in [0.717, 1.165) is 24.5 Å². The molecule has 0 aliphatic carbocycles. The lowest BCUT2D eigenvalue weighted by Gasteiger charge is -2.31. The van der Waals surface area contributed by atoms with Crippen molar-refractivity contribution in [3.05, 3.63) is 36.0 Å². The Balaban J connectivity index is 2.53. The Morgan fingerprint density at radius 1 is 1.24 bits per heavy atom. The zero-order valence-electron chi connectivity index (χ0n) is 13.3. The van der Waals surface area contributed by atoms with E-state index < -0.39 is 0 Å². The standard InChI is InChI=1S/C18H25ClN2/c1-4-6-11-21(14(3)5-2)18-17-10-8-7-9-15(17)12-16(13-19)20-18/h7-10,12,14H,4-6,11,13H2,1-3H3. The number of unbranched alkanes of at least 4 members (excludes halogenated alkanes) is 1. The van der Waals surface area contributed by atoms with Crippen LogP contribution in [0.1, 0.15) is 45.7 Å². The molecule has 0 N–H and O–H groups in total. The third-order valence-corrected chi connectivity index (χ3v) is 4.33. The Kier molecular flexibility index (Phi) is 5.86. The summed E-state index contributed by atoms with van der Waals surface area (Å²) >= 11 is 6.04. The van der Waals surface area contributed by atoms with Gasteiger partial charge in [-0.2, -0.15) is 0 Å². The second-order valence-electron chi connectivity index (χ2n) is 5.60. The third-order valence-electron chi connectivity index (χ3n) is 4.06. The molecule has 2 rings (SSSR count). The van der Waals surface area contributed by atoms with Crippen molar-refractivity contribution in [2.75, 3.05) is 11.4 Å². The van der Waals surface area contributed by atoms with E-state index in [1.165, 1.54) is 23.6 Å². The quantitative estimate of drug-likeness (QED) is 0.638. The van der Waals surface area contributed by atoms with E-state index in [1.807, 2.05) is 0 Å². The SMILES string of the molecule is CCCCN(c1nc(CCl)cc2ccccc12)C(C)CC. The van der Waals surface area contributed by atoms with E-state index in [4.69, 9.17) is 16.6 Å². The molecule has 1 atom stereocenters. The first kappa shape index (κ1) is 16.1. The van der Waals surface area contributed by atoms with Gasteiger partial charge in [0.2, 0.25) is 0 Å². The molecule has 0 spiro atoms. The van der Waals surface area contributed by atoms with Crippen LogP contribution in [-0.2, 0) is 5.88 Å². The van der Waals surface area contributed by atoms with Crippen LogP contribution in [0, 0.1) is 0 Å². The number of halogens is 1. The van der Waals surface area contributed by atoms with Gasteiger partial charge in [0.05, 0.1) is 11.6 Å². The van der Waals surface area contributed by atoms with E-state index in [2.05, 4.69) is 56.0 Å². The van der Waals surface area contributed by atoms with Crippen molar-refractivity contribution in [2.45, 2.75) is 52.0 Å². The Hall–Kier alpha value is -1.28. The molecule has 0 saturated heterocycles. The fourth-order valence-electron chi connectivity index (χ4n) is 2.61. The van der Waals surface area contributed by atoms with Crippen LogP contribution >= 0.6 is 11.6 Å². The predicted octanol–water partition coefficient (Wildman–Crippen LogP) is 5.38. The normalized spacial score (nSPS) is 12.6. The fourth-order valence-corrected chi connectivity index (χ4v) is 2.74. The highest BCUT2D eigenvalue weighted by Gasteiger charge is 2.17. The van der Waals surface area contributed by atoms with Gasteiger partial charge in [-0.1, -0.05) is 44.5 Å². The molecule has 0 saturated carbocycles. The average Bonchev–Trinajstić information content (AvgIpc) is 2.54. The largest absolute Gasteiger partial charge is 0.353 e. The summed E-state index contributed by atoms with van der Waals surface area (Å²) in [6, 6.07) is 11.0. The molecule has 0 fully saturated rings. The molecule has 1 heterocycles. The fraction of sp³-hybridized carbons (Fsp3) is 0.500. The number of fused-ring (bicyclic) bond motifs is 1. The van der Waals surface area contributed by atoms with E-state index in [1.54, 1.807) is 0 Å². The number of nitrogens with zero attached hydrogens (tertiary/aromatic N) is 2. The van der Waals surface area contributed by atoms with Crippen molar-refractivity contribution in [3.63, 3.8) is 0 Å². The molecule has 0 bridgehead atoms. The Bertz CT molecular complexity index is 582. The Morgan fingerprint density at radius 2 is 2.00 bits per heavy atom. The maximum absolute atomic E-state index is 6.04. The van der Waals surface area contributed by atoms with Crippen LogP contribution in [0.2, 0.25) is 0 Å². The lowest BCUT2D eigenvalue weighted by atomic mass is 10.1. The number of alkyl halides is 1. The minimum absolute atomic E-state index is 0.458. The zero-order chi connectivity index (χ0) is 15.2. The molecule has 2 nitrogen and oxygen atoms in total. The summed E-state index contributed by atoms with van der Waals surface area (Å²) < 4.78 is 0. The van der Waals surface area contributed by atoms with Gasteiger partial charge < -0.3 is 4.90 Å². The lowest BCUT2D eigenvalue weighted by Crippen LogP contribution is -2.34. The topological polar surface area (TPSA) is 16.1 Å². The summed E-state index contributed by atoms with van der Waals surface area (Å²) in [6.45, 7) is 7.79. The van der Waals surface area contributed by atoms with Crippen LogP contribution in [0.25, 0.3) is 10.8 Å². The Labute approximate surface area is 133 Å². The predicted molar refractivity (Wildman–Crippen MR) is 93.3 cm³/mol. The second kappa shape index (κ2) is 7.65. The summed E-state index contributed by atoms with van der Waals surface area (Å²) in [4.78, 5) is 7.28. The summed E-state index contributed by atoms with van der Waals surface area (Å²) in [5, 5.41) is 2.45. The van der Waals surface area contributed by atoms with Crippen molar-refractivity contribution in [1.82, 2.24) is 4.98 Å². The number of benzene rings is 1. The van der Waals surface area contributed by atoms with Crippen LogP contribution in [0.5, 0.6) is 0 Å². The minimum atomic E-state index is 0.458. The highest BCUT2D eigenvalue weighted by atomic mass is 35.5. The summed E-state index contributed by atoms with van der Waals surface area (Å²) in [5.74, 6) is 1.55. The number of anilines is 1. The van der Waals surface area contributed by atoms with Crippen LogP contribution in [-0.4, -0.2) is 17.6 Å². The maximum Gasteiger partial charge on any atom is 0.137 e. The molecule has 3 heteroatoms. The molecule has 1 aromatic carbocycles. The number of rotatable bonds is 7. The van der Waals surface area contributed by atoms with E-state index in [-0.39, 0.29) is 0 Å². The van der Waals surface area contributed by atoms with Crippen molar-refractivity contribution in [2.24, 2.45) is 0 Å². The van der Waals surface area contributed by atoms with E-state index in [0.29, 0.717) is 11.9 Å². The Morgan fingerprint density at radius 3 is 2.67 bits per heavy atom. The smallest absolute Gasteiger partial charge is 0.137 e. The van der Waals surface area contributed by atoms with Crippen LogP contribution < -0.4 is 4.90 Å². The van der Waals surface area contributed by atoms with Crippen LogP contribution in [0.3, 0.4) is 0 Å². The van der Waals surface area contributed by atoms with Crippen molar-refractivity contribution in [1.29, 1.82) is 0 Å². The molecular formula is C18H25ClN2. The molecule has 1 unspecified atom stereocenters. The summed E-state index contributed by atoms with van der Waals surface area (Å²) in [5.41, 5.74) is 0.954. The first-order valence-electron chi connectivity index (χ1n) is 7.92. The number of hydrogen-bond acceptors (Lipinski definition) is 2. The van der Waals surface area contributed by atoms with Crippen molar-refractivity contribution in [3.8, 4) is 0 Å². The van der Waals surface area contributed by atoms with Gasteiger partial charge in [0.15, 0.2) is 0 Å². The lowest BCUT2D eigenvalue weighted by molar-refractivity contribution is 0.591. The molecule has 0 amide bonds. The highest BCUT2D eigenvalue weighted by molar-refractivity contribution is 6.17. The maximum atomic E-state index is 6.04. The first-order valence-corrected chi connectivity index (χ1v) is 8.46. The van der Waals surface area contributed by atoms with Gasteiger partial charge in [0, 0.05) is 18.0 Å². The van der Waals surface area contributed by atoms with Crippen LogP contribution in [0.15, 0.2) is 30.3 Å². The zero-order valence-corrected chi connectivity index (χ0v) is 14.0. The number of hydrogen-bond donors (Lipinski definition) is 0. The monoisotopic (exact) mass is 304 g/mol.